The Morgan fingerprint density at radius 2 is 2.19 bits per heavy atom. The Bertz CT molecular complexity index is 724. The van der Waals surface area contributed by atoms with Gasteiger partial charge in [0.25, 0.3) is 0 Å². The van der Waals surface area contributed by atoms with Crippen molar-refractivity contribution in [2.75, 3.05) is 11.9 Å². The molecule has 21 heavy (non-hydrogen) atoms. The molecule has 0 aliphatic rings. The molecule has 3 aromatic rings. The van der Waals surface area contributed by atoms with Crippen LogP contribution in [0.3, 0.4) is 0 Å². The highest BCUT2D eigenvalue weighted by atomic mass is 32.2. The summed E-state index contributed by atoms with van der Waals surface area (Å²) in [6.07, 6.45) is 5.11. The van der Waals surface area contributed by atoms with Gasteiger partial charge in [0.1, 0.15) is 11.3 Å². The van der Waals surface area contributed by atoms with Gasteiger partial charge in [-0.15, -0.1) is 10.2 Å². The lowest BCUT2D eigenvalue weighted by atomic mass is 10.7. The third-order valence-corrected chi connectivity index (χ3v) is 4.11. The molecule has 8 nitrogen and oxygen atoms in total. The van der Waals surface area contributed by atoms with Crippen molar-refractivity contribution >= 4 is 29.0 Å². The Kier molecular flexibility index (Phi) is 4.06. The second-order valence-electron chi connectivity index (χ2n) is 3.93. The third-order valence-electron chi connectivity index (χ3n) is 2.36. The van der Waals surface area contributed by atoms with E-state index in [1.165, 1.54) is 23.1 Å². The van der Waals surface area contributed by atoms with Crippen LogP contribution in [0.15, 0.2) is 28.2 Å². The summed E-state index contributed by atoms with van der Waals surface area (Å²) in [6, 6.07) is 0. The Morgan fingerprint density at radius 3 is 2.86 bits per heavy atom. The number of imidazole rings is 1. The highest BCUT2D eigenvalue weighted by Crippen LogP contribution is 2.28. The summed E-state index contributed by atoms with van der Waals surface area (Å²) < 4.78 is 2.54. The zero-order valence-corrected chi connectivity index (χ0v) is 13.0. The van der Waals surface area contributed by atoms with Gasteiger partial charge in [-0.1, -0.05) is 11.3 Å². The van der Waals surface area contributed by atoms with Gasteiger partial charge in [-0.05, 0) is 25.6 Å². The average molecular weight is 320 g/mol. The van der Waals surface area contributed by atoms with E-state index in [-0.39, 0.29) is 0 Å². The fraction of sp³-hybridized carbons (Fsp3) is 0.273. The van der Waals surface area contributed by atoms with Gasteiger partial charge < -0.3 is 5.32 Å². The fourth-order valence-electron chi connectivity index (χ4n) is 1.52. The van der Waals surface area contributed by atoms with Crippen LogP contribution in [-0.2, 0) is 0 Å². The van der Waals surface area contributed by atoms with Crippen LogP contribution in [0.25, 0.3) is 5.95 Å². The Balaban J connectivity index is 1.95. The van der Waals surface area contributed by atoms with E-state index >= 15 is 0 Å². The van der Waals surface area contributed by atoms with Crippen LogP contribution in [-0.4, -0.2) is 41.2 Å². The summed E-state index contributed by atoms with van der Waals surface area (Å²) in [4.78, 5) is 17.2. The molecular formula is C11H12N8S2. The first-order valence-corrected chi connectivity index (χ1v) is 7.84. The van der Waals surface area contributed by atoms with Crippen LogP contribution in [0.2, 0.25) is 0 Å². The lowest BCUT2D eigenvalue weighted by Gasteiger charge is -2.06. The predicted octanol–water partition coefficient (Wildman–Crippen LogP) is 1.80. The number of hydrogen-bond donors (Lipinski definition) is 1. The number of nitrogens with one attached hydrogen (secondary N) is 1. The quantitative estimate of drug-likeness (QED) is 0.760. The highest BCUT2D eigenvalue weighted by Gasteiger charge is 2.11. The molecule has 3 aromatic heterocycles. The molecule has 0 bridgehead atoms. The van der Waals surface area contributed by atoms with Crippen LogP contribution in [0.5, 0.6) is 0 Å². The lowest BCUT2D eigenvalue weighted by molar-refractivity contribution is 0.822. The van der Waals surface area contributed by atoms with Crippen LogP contribution >= 0.6 is 23.1 Å². The van der Waals surface area contributed by atoms with Gasteiger partial charge in [-0.2, -0.15) is 15.0 Å². The zero-order valence-electron chi connectivity index (χ0n) is 11.4. The third kappa shape index (κ3) is 3.34. The number of rotatable bonds is 5. The largest absolute Gasteiger partial charge is 0.354 e. The monoisotopic (exact) mass is 320 g/mol. The summed E-state index contributed by atoms with van der Waals surface area (Å²) in [5.74, 6) is 1.04. The molecule has 3 heterocycles. The fourth-order valence-corrected chi connectivity index (χ4v) is 3.18. The number of anilines is 1. The van der Waals surface area contributed by atoms with Crippen molar-refractivity contribution in [2.45, 2.75) is 23.3 Å². The van der Waals surface area contributed by atoms with E-state index in [2.05, 4.69) is 35.5 Å². The van der Waals surface area contributed by atoms with Gasteiger partial charge >= 0.3 is 0 Å². The molecule has 0 amide bonds. The highest BCUT2D eigenvalue weighted by molar-refractivity contribution is 8.00. The minimum absolute atomic E-state index is 0.516. The predicted molar refractivity (Wildman–Crippen MR) is 79.9 cm³/mol. The number of aryl methyl sites for hydroxylation is 1. The van der Waals surface area contributed by atoms with E-state index in [0.717, 1.165) is 15.9 Å². The number of hydrogen-bond acceptors (Lipinski definition) is 9. The molecule has 0 aliphatic heterocycles. The Labute approximate surface area is 129 Å². The van der Waals surface area contributed by atoms with Crippen molar-refractivity contribution < 1.29 is 0 Å². The van der Waals surface area contributed by atoms with Crippen LogP contribution in [0.1, 0.15) is 11.9 Å². The first kappa shape index (κ1) is 13.9. The average Bonchev–Trinajstić information content (AvgIpc) is 3.11. The van der Waals surface area contributed by atoms with Gasteiger partial charge in [0, 0.05) is 18.9 Å². The molecule has 108 valence electrons. The maximum Gasteiger partial charge on any atom is 0.240 e. The molecule has 0 unspecified atom stereocenters. The van der Waals surface area contributed by atoms with Crippen molar-refractivity contribution in [1.82, 2.24) is 34.7 Å². The molecule has 0 aromatic carbocycles. The normalized spacial score (nSPS) is 10.8. The van der Waals surface area contributed by atoms with E-state index < -0.39 is 0 Å². The van der Waals surface area contributed by atoms with E-state index in [4.69, 9.17) is 0 Å². The first-order chi connectivity index (χ1) is 10.2. The Morgan fingerprint density at radius 1 is 1.29 bits per heavy atom. The summed E-state index contributed by atoms with van der Waals surface area (Å²) in [7, 11) is 0. The van der Waals surface area contributed by atoms with Crippen molar-refractivity contribution in [2.24, 2.45) is 0 Å². The van der Waals surface area contributed by atoms with Crippen molar-refractivity contribution in [3.05, 3.63) is 23.7 Å². The number of nitrogens with zero attached hydrogens (tertiary/aromatic N) is 7. The summed E-state index contributed by atoms with van der Waals surface area (Å²) >= 11 is 2.87. The Hall–Kier alpha value is -2.07. The molecule has 0 spiro atoms. The number of aromatic nitrogens is 7. The summed E-state index contributed by atoms with van der Waals surface area (Å²) in [5, 5.41) is 12.6. The van der Waals surface area contributed by atoms with E-state index in [9.17, 15) is 0 Å². The molecular weight excluding hydrogens is 308 g/mol. The van der Waals surface area contributed by atoms with Gasteiger partial charge in [-0.3, -0.25) is 4.57 Å². The van der Waals surface area contributed by atoms with E-state index in [1.807, 2.05) is 13.8 Å². The van der Waals surface area contributed by atoms with Crippen molar-refractivity contribution in [3.8, 4) is 5.95 Å². The van der Waals surface area contributed by atoms with Crippen molar-refractivity contribution in [3.63, 3.8) is 0 Å². The van der Waals surface area contributed by atoms with Gasteiger partial charge in [0.05, 0.1) is 0 Å². The molecule has 0 fully saturated rings. The molecule has 0 saturated heterocycles. The van der Waals surface area contributed by atoms with Crippen LogP contribution in [0, 0.1) is 6.92 Å². The molecule has 1 N–H and O–H groups in total. The second kappa shape index (κ2) is 6.14. The standard InChI is InChI=1S/C11H12N8S2/c1-3-13-8-14-9(19-5-4-12-6-19)16-10(15-8)21-11-18-17-7(2)20-11/h4-6H,3H2,1-2H3,(H,13,14,15,16). The molecule has 10 heteroatoms. The zero-order chi connectivity index (χ0) is 14.7. The van der Waals surface area contributed by atoms with Crippen molar-refractivity contribution in [1.29, 1.82) is 0 Å². The minimum Gasteiger partial charge on any atom is -0.354 e. The molecule has 0 radical (unpaired) electrons. The van der Waals surface area contributed by atoms with E-state index in [0.29, 0.717) is 17.1 Å². The molecule has 0 saturated carbocycles. The van der Waals surface area contributed by atoms with Gasteiger partial charge in [0.2, 0.25) is 17.1 Å². The van der Waals surface area contributed by atoms with Gasteiger partial charge in [0.15, 0.2) is 4.34 Å². The SMILES string of the molecule is CCNc1nc(Sc2nnc(C)s2)nc(-n2ccnc2)n1. The molecule has 0 atom stereocenters. The minimum atomic E-state index is 0.516. The molecule has 3 rings (SSSR count). The maximum atomic E-state index is 4.43. The topological polar surface area (TPSA) is 94.3 Å². The smallest absolute Gasteiger partial charge is 0.240 e. The lowest BCUT2D eigenvalue weighted by Crippen LogP contribution is -2.08. The van der Waals surface area contributed by atoms with Crippen LogP contribution in [0.4, 0.5) is 5.95 Å². The molecule has 0 aliphatic carbocycles. The summed E-state index contributed by atoms with van der Waals surface area (Å²) in [6.45, 7) is 4.63. The van der Waals surface area contributed by atoms with Crippen LogP contribution < -0.4 is 5.32 Å². The maximum absolute atomic E-state index is 4.43. The van der Waals surface area contributed by atoms with E-state index in [1.54, 1.807) is 23.3 Å². The summed E-state index contributed by atoms with van der Waals surface area (Å²) in [5.41, 5.74) is 0. The van der Waals surface area contributed by atoms with Gasteiger partial charge in [-0.25, -0.2) is 4.98 Å². The first-order valence-electron chi connectivity index (χ1n) is 6.21. The second-order valence-corrected chi connectivity index (χ2v) is 6.33.